The highest BCUT2D eigenvalue weighted by Crippen LogP contribution is 2.18. The summed E-state index contributed by atoms with van der Waals surface area (Å²) in [5.74, 6) is 2.83. The van der Waals surface area contributed by atoms with Crippen molar-refractivity contribution in [2.75, 3.05) is 31.6 Å². The minimum Gasteiger partial charge on any atom is -0.368 e. The molecule has 0 spiro atoms. The molecule has 1 saturated heterocycles. The number of amides is 2. The van der Waals surface area contributed by atoms with Gasteiger partial charge in [-0.15, -0.1) is 6.42 Å². The first-order valence-corrected chi connectivity index (χ1v) is 7.33. The predicted molar refractivity (Wildman–Crippen MR) is 84.1 cm³/mol. The van der Waals surface area contributed by atoms with Crippen LogP contribution in [0.4, 0.5) is 10.5 Å². The first-order chi connectivity index (χ1) is 10.2. The third kappa shape index (κ3) is 4.80. The largest absolute Gasteiger partial charge is 0.368 e. The maximum atomic E-state index is 12.3. The van der Waals surface area contributed by atoms with Crippen molar-refractivity contribution in [3.63, 3.8) is 0 Å². The van der Waals surface area contributed by atoms with Crippen molar-refractivity contribution in [3.8, 4) is 12.3 Å². The first kappa shape index (κ1) is 15.4. The lowest BCUT2D eigenvalue weighted by atomic mass is 9.99. The molecule has 1 heterocycles. The number of nitrogens with zero attached hydrogens (tertiary/aromatic N) is 1. The smallest absolute Gasteiger partial charge is 0.321 e. The summed E-state index contributed by atoms with van der Waals surface area (Å²) in [6, 6.07) is 7.78. The van der Waals surface area contributed by atoms with E-state index in [0.29, 0.717) is 19.1 Å². The molecule has 2 rings (SSSR count). The molecule has 1 aliphatic rings. The zero-order chi connectivity index (χ0) is 15.1. The lowest BCUT2D eigenvalue weighted by Crippen LogP contribution is -2.43. The van der Waals surface area contributed by atoms with Gasteiger partial charge in [-0.1, -0.05) is 23.6 Å². The number of anilines is 1. The fraction of sp³-hybridized carbons (Fsp3) is 0.471. The van der Waals surface area contributed by atoms with Crippen molar-refractivity contribution in [2.24, 2.45) is 5.92 Å². The van der Waals surface area contributed by atoms with E-state index in [2.05, 4.69) is 11.2 Å². The quantitative estimate of drug-likeness (QED) is 0.683. The van der Waals surface area contributed by atoms with Crippen LogP contribution in [0.3, 0.4) is 0 Å². The van der Waals surface area contributed by atoms with E-state index in [1.807, 2.05) is 36.1 Å². The van der Waals surface area contributed by atoms with Crippen molar-refractivity contribution in [1.82, 2.24) is 4.90 Å². The van der Waals surface area contributed by atoms with Crippen LogP contribution < -0.4 is 5.32 Å². The Bertz CT molecular complexity index is 505. The average molecular weight is 286 g/mol. The van der Waals surface area contributed by atoms with Gasteiger partial charge in [0.15, 0.2) is 0 Å². The molecule has 2 amide bonds. The summed E-state index contributed by atoms with van der Waals surface area (Å²) in [4.78, 5) is 14.1. The number of hydrogen-bond acceptors (Lipinski definition) is 2. The molecule has 21 heavy (non-hydrogen) atoms. The Hall–Kier alpha value is -1.99. The summed E-state index contributed by atoms with van der Waals surface area (Å²) >= 11 is 0. The molecule has 0 radical (unpaired) electrons. The second-order valence-electron chi connectivity index (χ2n) is 5.47. The van der Waals surface area contributed by atoms with Gasteiger partial charge in [0.05, 0.1) is 6.61 Å². The first-order valence-electron chi connectivity index (χ1n) is 7.33. The van der Waals surface area contributed by atoms with Crippen LogP contribution in [0.2, 0.25) is 0 Å². The highest BCUT2D eigenvalue weighted by atomic mass is 16.5. The van der Waals surface area contributed by atoms with E-state index in [1.54, 1.807) is 0 Å². The maximum absolute atomic E-state index is 12.3. The molecule has 1 unspecified atom stereocenters. The van der Waals surface area contributed by atoms with E-state index in [0.717, 1.165) is 31.6 Å². The molecule has 0 aliphatic carbocycles. The highest BCUT2D eigenvalue weighted by molar-refractivity contribution is 5.89. The van der Waals surface area contributed by atoms with Crippen LogP contribution in [0, 0.1) is 25.2 Å². The Morgan fingerprint density at radius 1 is 1.48 bits per heavy atom. The number of carbonyl (C=O) groups excluding carboxylic acids is 1. The lowest BCUT2D eigenvalue weighted by Gasteiger charge is -2.32. The fourth-order valence-corrected chi connectivity index (χ4v) is 2.51. The molecule has 1 aliphatic heterocycles. The van der Waals surface area contributed by atoms with E-state index in [4.69, 9.17) is 11.2 Å². The second kappa shape index (κ2) is 7.70. The van der Waals surface area contributed by atoms with Crippen molar-refractivity contribution < 1.29 is 9.53 Å². The molecule has 4 nitrogen and oxygen atoms in total. The fourth-order valence-electron chi connectivity index (χ4n) is 2.51. The molecule has 1 aromatic rings. The van der Waals surface area contributed by atoms with Crippen LogP contribution in [0.15, 0.2) is 24.3 Å². The van der Waals surface area contributed by atoms with Gasteiger partial charge in [-0.05, 0) is 31.9 Å². The number of aryl methyl sites for hydroxylation is 1. The molecular weight excluding hydrogens is 264 g/mol. The van der Waals surface area contributed by atoms with Crippen LogP contribution in [0.5, 0.6) is 0 Å². The normalized spacial score (nSPS) is 18.1. The number of piperidine rings is 1. The number of ether oxygens (including phenoxy) is 1. The monoisotopic (exact) mass is 286 g/mol. The van der Waals surface area contributed by atoms with Gasteiger partial charge < -0.3 is 15.0 Å². The molecule has 0 aromatic heterocycles. The molecule has 1 aromatic carbocycles. The van der Waals surface area contributed by atoms with Gasteiger partial charge in [0, 0.05) is 24.7 Å². The molecule has 1 fully saturated rings. The standard InChI is InChI=1S/C17H22N2O2/c1-3-11-21-13-15-5-4-10-19(12-15)17(20)18-16-8-6-14(2)7-9-16/h1,6-9,15H,4-5,10-13H2,2H3,(H,18,20). The molecule has 112 valence electrons. The number of carbonyl (C=O) groups is 1. The van der Waals surface area contributed by atoms with Gasteiger partial charge >= 0.3 is 6.03 Å². The number of terminal acetylenes is 1. The number of urea groups is 1. The van der Waals surface area contributed by atoms with E-state index in [-0.39, 0.29) is 6.03 Å². The molecule has 1 atom stereocenters. The summed E-state index contributed by atoms with van der Waals surface area (Å²) in [5.41, 5.74) is 2.01. The van der Waals surface area contributed by atoms with Crippen molar-refractivity contribution >= 4 is 11.7 Å². The Morgan fingerprint density at radius 3 is 2.95 bits per heavy atom. The predicted octanol–water partition coefficient (Wildman–Crippen LogP) is 2.89. The molecule has 4 heteroatoms. The van der Waals surface area contributed by atoms with E-state index in [1.165, 1.54) is 5.56 Å². The Kier molecular flexibility index (Phi) is 5.65. The van der Waals surface area contributed by atoms with E-state index in [9.17, 15) is 4.79 Å². The zero-order valence-electron chi connectivity index (χ0n) is 12.5. The topological polar surface area (TPSA) is 41.6 Å². The summed E-state index contributed by atoms with van der Waals surface area (Å²) < 4.78 is 5.39. The summed E-state index contributed by atoms with van der Waals surface area (Å²) in [6.07, 6.45) is 7.25. The minimum atomic E-state index is -0.0412. The zero-order valence-corrected chi connectivity index (χ0v) is 12.5. The van der Waals surface area contributed by atoms with Gasteiger partial charge in [0.2, 0.25) is 0 Å². The van der Waals surface area contributed by atoms with Gasteiger partial charge in [-0.2, -0.15) is 0 Å². The van der Waals surface area contributed by atoms with Crippen LogP contribution in [-0.2, 0) is 4.74 Å². The number of rotatable bonds is 4. The van der Waals surface area contributed by atoms with Crippen molar-refractivity contribution in [3.05, 3.63) is 29.8 Å². The van der Waals surface area contributed by atoms with Crippen LogP contribution >= 0.6 is 0 Å². The second-order valence-corrected chi connectivity index (χ2v) is 5.47. The third-order valence-electron chi connectivity index (χ3n) is 3.65. The number of nitrogens with one attached hydrogen (secondary N) is 1. The minimum absolute atomic E-state index is 0.0412. The van der Waals surface area contributed by atoms with Crippen LogP contribution in [-0.4, -0.2) is 37.2 Å². The summed E-state index contributed by atoms with van der Waals surface area (Å²) in [6.45, 7) is 4.51. The van der Waals surface area contributed by atoms with Crippen LogP contribution in [0.1, 0.15) is 18.4 Å². The lowest BCUT2D eigenvalue weighted by molar-refractivity contribution is 0.0883. The van der Waals surface area contributed by atoms with E-state index < -0.39 is 0 Å². The van der Waals surface area contributed by atoms with Gasteiger partial charge in [0.25, 0.3) is 0 Å². The number of likely N-dealkylation sites (tertiary alicyclic amines) is 1. The molecular formula is C17H22N2O2. The van der Waals surface area contributed by atoms with Gasteiger partial charge in [-0.3, -0.25) is 0 Å². The Morgan fingerprint density at radius 2 is 2.24 bits per heavy atom. The van der Waals surface area contributed by atoms with Crippen LogP contribution in [0.25, 0.3) is 0 Å². The SMILES string of the molecule is C#CCOCC1CCCN(C(=O)Nc2ccc(C)cc2)C1. The summed E-state index contributed by atoms with van der Waals surface area (Å²) in [5, 5.41) is 2.94. The third-order valence-corrected chi connectivity index (χ3v) is 3.65. The number of hydrogen-bond donors (Lipinski definition) is 1. The average Bonchev–Trinajstić information content (AvgIpc) is 2.50. The van der Waals surface area contributed by atoms with Gasteiger partial charge in [0.1, 0.15) is 6.61 Å². The molecule has 0 saturated carbocycles. The van der Waals surface area contributed by atoms with E-state index >= 15 is 0 Å². The summed E-state index contributed by atoms with van der Waals surface area (Å²) in [7, 11) is 0. The molecule has 1 N–H and O–H groups in total. The van der Waals surface area contributed by atoms with Crippen molar-refractivity contribution in [1.29, 1.82) is 0 Å². The van der Waals surface area contributed by atoms with Crippen molar-refractivity contribution in [2.45, 2.75) is 19.8 Å². The Labute approximate surface area is 126 Å². The number of benzene rings is 1. The maximum Gasteiger partial charge on any atom is 0.321 e. The Balaban J connectivity index is 1.84. The van der Waals surface area contributed by atoms with Gasteiger partial charge in [-0.25, -0.2) is 4.79 Å². The highest BCUT2D eigenvalue weighted by Gasteiger charge is 2.23. The molecule has 0 bridgehead atoms.